The predicted molar refractivity (Wildman–Crippen MR) is 72.2 cm³/mol. The Kier molecular flexibility index (Phi) is 4.04. The highest BCUT2D eigenvalue weighted by atomic mass is 16.3. The van der Waals surface area contributed by atoms with E-state index in [9.17, 15) is 14.7 Å². The number of phenols is 1. The van der Waals surface area contributed by atoms with E-state index in [1.807, 2.05) is 17.0 Å². The van der Waals surface area contributed by atoms with Crippen LogP contribution >= 0.6 is 0 Å². The van der Waals surface area contributed by atoms with Crippen molar-refractivity contribution in [1.29, 1.82) is 0 Å². The molecule has 1 aliphatic heterocycles. The van der Waals surface area contributed by atoms with E-state index in [0.717, 1.165) is 5.69 Å². The van der Waals surface area contributed by atoms with E-state index in [1.54, 1.807) is 17.0 Å². The molecule has 0 saturated carbocycles. The minimum Gasteiger partial charge on any atom is -0.506 e. The van der Waals surface area contributed by atoms with Crippen molar-refractivity contribution in [3.8, 4) is 5.75 Å². The average molecular weight is 262 g/mol. The Bertz CT molecular complexity index is 479. The van der Waals surface area contributed by atoms with Gasteiger partial charge in [0.05, 0.1) is 12.1 Å². The zero-order valence-corrected chi connectivity index (χ0v) is 11.0. The van der Waals surface area contributed by atoms with Gasteiger partial charge >= 0.3 is 0 Å². The van der Waals surface area contributed by atoms with Crippen molar-refractivity contribution in [1.82, 2.24) is 4.90 Å². The average Bonchev–Trinajstić information content (AvgIpc) is 2.39. The molecule has 5 nitrogen and oxygen atoms in total. The Labute approximate surface area is 112 Å². The molecule has 1 fully saturated rings. The van der Waals surface area contributed by atoms with Crippen molar-refractivity contribution in [2.45, 2.75) is 13.3 Å². The summed E-state index contributed by atoms with van der Waals surface area (Å²) in [5.41, 5.74) is 0.793. The van der Waals surface area contributed by atoms with Gasteiger partial charge in [0.15, 0.2) is 0 Å². The number of benzene rings is 1. The number of amides is 1. The van der Waals surface area contributed by atoms with E-state index >= 15 is 0 Å². The molecule has 0 unspecified atom stereocenters. The first-order chi connectivity index (χ1) is 9.08. The van der Waals surface area contributed by atoms with Gasteiger partial charge in [-0.25, -0.2) is 0 Å². The third-order valence-electron chi connectivity index (χ3n) is 3.25. The predicted octanol–water partition coefficient (Wildman–Crippen LogP) is 1.02. The first-order valence-corrected chi connectivity index (χ1v) is 6.38. The molecule has 5 heteroatoms. The molecule has 1 aromatic carbocycles. The summed E-state index contributed by atoms with van der Waals surface area (Å²) in [5, 5.41) is 9.79. The molecular weight excluding hydrogens is 244 g/mol. The van der Waals surface area contributed by atoms with Crippen LogP contribution in [0.4, 0.5) is 5.69 Å². The van der Waals surface area contributed by atoms with Gasteiger partial charge in [0.2, 0.25) is 5.91 Å². The molecule has 19 heavy (non-hydrogen) atoms. The number of phenolic OH excluding ortho intramolecular Hbond substituents is 1. The number of nitrogens with zero attached hydrogens (tertiary/aromatic N) is 2. The van der Waals surface area contributed by atoms with Gasteiger partial charge in [0.25, 0.3) is 0 Å². The van der Waals surface area contributed by atoms with Crippen LogP contribution in [0, 0.1) is 0 Å². The van der Waals surface area contributed by atoms with Gasteiger partial charge in [0.1, 0.15) is 11.5 Å². The number of aromatic hydroxyl groups is 1. The number of carbonyl (C=O) groups is 2. The maximum absolute atomic E-state index is 11.8. The SMILES string of the molecule is CC(=O)CC(=O)N1CCN(c2ccccc2O)CC1. The highest BCUT2D eigenvalue weighted by Gasteiger charge is 2.22. The van der Waals surface area contributed by atoms with E-state index < -0.39 is 0 Å². The molecule has 1 aliphatic rings. The topological polar surface area (TPSA) is 60.9 Å². The smallest absolute Gasteiger partial charge is 0.230 e. The third kappa shape index (κ3) is 3.24. The van der Waals surface area contributed by atoms with Crippen molar-refractivity contribution >= 4 is 17.4 Å². The Morgan fingerprint density at radius 2 is 1.79 bits per heavy atom. The fraction of sp³-hybridized carbons (Fsp3) is 0.429. The highest BCUT2D eigenvalue weighted by Crippen LogP contribution is 2.27. The van der Waals surface area contributed by atoms with E-state index in [2.05, 4.69) is 0 Å². The van der Waals surface area contributed by atoms with Crippen LogP contribution in [0.25, 0.3) is 0 Å². The molecule has 102 valence electrons. The molecule has 1 N–H and O–H groups in total. The Balaban J connectivity index is 1.94. The van der Waals surface area contributed by atoms with Crippen LogP contribution in [0.15, 0.2) is 24.3 Å². The van der Waals surface area contributed by atoms with Crippen LogP contribution in [-0.2, 0) is 9.59 Å². The number of carbonyl (C=O) groups excluding carboxylic acids is 2. The summed E-state index contributed by atoms with van der Waals surface area (Å²) in [5.74, 6) is 0.0450. The van der Waals surface area contributed by atoms with Crippen LogP contribution in [0.1, 0.15) is 13.3 Å². The van der Waals surface area contributed by atoms with E-state index in [1.165, 1.54) is 6.92 Å². The number of rotatable bonds is 3. The second-order valence-electron chi connectivity index (χ2n) is 4.74. The number of Topliss-reactive ketones (excluding diaryl/α,β-unsaturated/α-hetero) is 1. The van der Waals surface area contributed by atoms with Crippen LogP contribution in [0.3, 0.4) is 0 Å². The zero-order chi connectivity index (χ0) is 13.8. The van der Waals surface area contributed by atoms with Crippen molar-refractivity contribution < 1.29 is 14.7 Å². The molecule has 0 spiro atoms. The van der Waals surface area contributed by atoms with Crippen LogP contribution in [0.2, 0.25) is 0 Å². The molecule has 1 heterocycles. The molecule has 0 atom stereocenters. The summed E-state index contributed by atoms with van der Waals surface area (Å²) in [6, 6.07) is 7.18. The molecular formula is C14H18N2O3. The summed E-state index contributed by atoms with van der Waals surface area (Å²) in [6.07, 6.45) is -0.0173. The van der Waals surface area contributed by atoms with Crippen molar-refractivity contribution in [2.24, 2.45) is 0 Å². The van der Waals surface area contributed by atoms with Crippen LogP contribution in [0.5, 0.6) is 5.75 Å². The maximum atomic E-state index is 11.8. The van der Waals surface area contributed by atoms with Gasteiger partial charge in [-0.3, -0.25) is 9.59 Å². The van der Waals surface area contributed by atoms with E-state index in [-0.39, 0.29) is 23.9 Å². The summed E-state index contributed by atoms with van der Waals surface area (Å²) in [4.78, 5) is 26.4. The van der Waals surface area contributed by atoms with E-state index in [4.69, 9.17) is 0 Å². The lowest BCUT2D eigenvalue weighted by Crippen LogP contribution is -2.49. The molecule has 0 radical (unpaired) electrons. The lowest BCUT2D eigenvalue weighted by molar-refractivity contribution is -0.135. The Morgan fingerprint density at radius 3 is 2.37 bits per heavy atom. The van der Waals surface area contributed by atoms with Gasteiger partial charge in [-0.2, -0.15) is 0 Å². The van der Waals surface area contributed by atoms with Crippen molar-refractivity contribution in [3.05, 3.63) is 24.3 Å². The van der Waals surface area contributed by atoms with Gasteiger partial charge in [-0.05, 0) is 19.1 Å². The zero-order valence-electron chi connectivity index (χ0n) is 11.0. The minimum absolute atomic E-state index is 0.0173. The standard InChI is InChI=1S/C14H18N2O3/c1-11(17)10-14(19)16-8-6-15(7-9-16)12-4-2-3-5-13(12)18/h2-5,18H,6-10H2,1H3. The highest BCUT2D eigenvalue weighted by molar-refractivity contribution is 5.96. The number of hydrogen-bond donors (Lipinski definition) is 1. The normalized spacial score (nSPS) is 15.4. The molecule has 1 amide bonds. The minimum atomic E-state index is -0.107. The lowest BCUT2D eigenvalue weighted by Gasteiger charge is -2.36. The molecule has 1 aromatic rings. The molecule has 0 aromatic heterocycles. The Morgan fingerprint density at radius 1 is 1.16 bits per heavy atom. The maximum Gasteiger partial charge on any atom is 0.230 e. The van der Waals surface area contributed by atoms with Crippen molar-refractivity contribution in [3.63, 3.8) is 0 Å². The van der Waals surface area contributed by atoms with Gasteiger partial charge in [-0.1, -0.05) is 12.1 Å². The summed E-state index contributed by atoms with van der Waals surface area (Å²) >= 11 is 0. The molecule has 0 bridgehead atoms. The monoisotopic (exact) mass is 262 g/mol. The summed E-state index contributed by atoms with van der Waals surface area (Å²) < 4.78 is 0. The Hall–Kier alpha value is -2.04. The first-order valence-electron chi connectivity index (χ1n) is 6.38. The molecule has 2 rings (SSSR count). The van der Waals surface area contributed by atoms with Crippen LogP contribution in [-0.4, -0.2) is 47.9 Å². The second-order valence-corrected chi connectivity index (χ2v) is 4.74. The number of hydrogen-bond acceptors (Lipinski definition) is 4. The number of ketones is 1. The second kappa shape index (κ2) is 5.73. The number of para-hydroxylation sites is 2. The van der Waals surface area contributed by atoms with Gasteiger partial charge in [0, 0.05) is 26.2 Å². The summed E-state index contributed by atoms with van der Waals surface area (Å²) in [6.45, 7) is 3.93. The fourth-order valence-electron chi connectivity index (χ4n) is 2.25. The lowest BCUT2D eigenvalue weighted by atomic mass is 10.2. The number of piperazine rings is 1. The fourth-order valence-corrected chi connectivity index (χ4v) is 2.25. The van der Waals surface area contributed by atoms with Gasteiger partial charge < -0.3 is 14.9 Å². The van der Waals surface area contributed by atoms with Gasteiger partial charge in [-0.15, -0.1) is 0 Å². The molecule has 1 saturated heterocycles. The van der Waals surface area contributed by atoms with Crippen LogP contribution < -0.4 is 4.90 Å². The molecule has 0 aliphatic carbocycles. The third-order valence-corrected chi connectivity index (χ3v) is 3.25. The van der Waals surface area contributed by atoms with E-state index in [0.29, 0.717) is 26.2 Å². The first kappa shape index (κ1) is 13.4. The quantitative estimate of drug-likeness (QED) is 0.826. The van der Waals surface area contributed by atoms with Crippen molar-refractivity contribution in [2.75, 3.05) is 31.1 Å². The number of anilines is 1. The summed E-state index contributed by atoms with van der Waals surface area (Å²) in [7, 11) is 0. The largest absolute Gasteiger partial charge is 0.506 e.